The summed E-state index contributed by atoms with van der Waals surface area (Å²) in [5.41, 5.74) is 1.82. The summed E-state index contributed by atoms with van der Waals surface area (Å²) in [7, 11) is 6.08. The number of anilines is 2. The molecule has 0 bridgehead atoms. The van der Waals surface area contributed by atoms with Crippen LogP contribution in [-0.2, 0) is 9.59 Å². The molecule has 0 aliphatic carbocycles. The van der Waals surface area contributed by atoms with Gasteiger partial charge in [0.1, 0.15) is 28.7 Å². The molecule has 0 unspecified atom stereocenters. The molecule has 1 N–H and O–H groups in total. The van der Waals surface area contributed by atoms with Crippen molar-refractivity contribution in [3.63, 3.8) is 0 Å². The van der Waals surface area contributed by atoms with Crippen LogP contribution in [0.2, 0.25) is 0 Å². The van der Waals surface area contributed by atoms with Crippen LogP contribution in [0.1, 0.15) is 5.56 Å². The molecule has 4 rings (SSSR count). The third-order valence-electron chi connectivity index (χ3n) is 5.41. The lowest BCUT2D eigenvalue weighted by Crippen LogP contribution is -2.32. The highest BCUT2D eigenvalue weighted by Crippen LogP contribution is 2.38. The first-order valence-corrected chi connectivity index (χ1v) is 10.4. The van der Waals surface area contributed by atoms with E-state index >= 15 is 0 Å². The Labute approximate surface area is 197 Å². The zero-order valence-electron chi connectivity index (χ0n) is 19.2. The van der Waals surface area contributed by atoms with Crippen molar-refractivity contribution >= 4 is 28.8 Å². The highest BCUT2D eigenvalue weighted by molar-refractivity contribution is 6.46. The maximum Gasteiger partial charge on any atom is 0.282 e. The Kier molecular flexibility index (Phi) is 6.40. The molecule has 174 valence electrons. The van der Waals surface area contributed by atoms with Crippen LogP contribution in [-0.4, -0.2) is 40.3 Å². The molecule has 0 aromatic heterocycles. The molecule has 1 heterocycles. The maximum atomic E-state index is 13.7. The summed E-state index contributed by atoms with van der Waals surface area (Å²) in [6, 6.07) is 19.1. The molecule has 3 aromatic carbocycles. The standard InChI is InChI=1S/C26H24N2O6/c1-31-18-10-11-21(22(15-18)34-4)27-24-23(16-8-6-5-7-9-16)25(29)28(26(24)30)17-12-19(32-2)14-20(13-17)33-3/h5-15,27H,1-4H3. The minimum atomic E-state index is -0.517. The number of ether oxygens (including phenoxy) is 4. The van der Waals surface area contributed by atoms with Gasteiger partial charge in [-0.15, -0.1) is 0 Å². The van der Waals surface area contributed by atoms with Crippen LogP contribution < -0.4 is 29.2 Å². The van der Waals surface area contributed by atoms with Crippen LogP contribution in [0.25, 0.3) is 5.57 Å². The van der Waals surface area contributed by atoms with Gasteiger partial charge in [0.2, 0.25) is 0 Å². The Bertz CT molecular complexity index is 1250. The number of benzene rings is 3. The van der Waals surface area contributed by atoms with E-state index in [-0.39, 0.29) is 11.3 Å². The lowest BCUT2D eigenvalue weighted by Gasteiger charge is -2.18. The van der Waals surface area contributed by atoms with Gasteiger partial charge in [0.15, 0.2) is 0 Å². The third kappa shape index (κ3) is 4.13. The van der Waals surface area contributed by atoms with Crippen molar-refractivity contribution in [3.8, 4) is 23.0 Å². The van der Waals surface area contributed by atoms with Gasteiger partial charge in [0.25, 0.3) is 11.8 Å². The van der Waals surface area contributed by atoms with E-state index in [1.165, 1.54) is 21.3 Å². The van der Waals surface area contributed by atoms with Gasteiger partial charge in [0, 0.05) is 24.3 Å². The average molecular weight is 460 g/mol. The fourth-order valence-corrected chi connectivity index (χ4v) is 3.71. The molecule has 1 aliphatic heterocycles. The molecule has 0 fully saturated rings. The monoisotopic (exact) mass is 460 g/mol. The van der Waals surface area contributed by atoms with Gasteiger partial charge in [-0.1, -0.05) is 30.3 Å². The average Bonchev–Trinajstić information content (AvgIpc) is 3.13. The van der Waals surface area contributed by atoms with E-state index < -0.39 is 11.8 Å². The quantitative estimate of drug-likeness (QED) is 0.506. The number of nitrogens with zero attached hydrogens (tertiary/aromatic N) is 1. The van der Waals surface area contributed by atoms with Crippen LogP contribution in [0, 0.1) is 0 Å². The molecule has 8 nitrogen and oxygen atoms in total. The van der Waals surface area contributed by atoms with Crippen molar-refractivity contribution in [3.05, 3.63) is 78.0 Å². The zero-order valence-corrected chi connectivity index (χ0v) is 19.2. The van der Waals surface area contributed by atoms with Crippen molar-refractivity contribution in [2.24, 2.45) is 0 Å². The number of methoxy groups -OCH3 is 4. The van der Waals surface area contributed by atoms with E-state index in [0.29, 0.717) is 39.9 Å². The smallest absolute Gasteiger partial charge is 0.282 e. The lowest BCUT2D eigenvalue weighted by atomic mass is 10.0. The van der Waals surface area contributed by atoms with Crippen LogP contribution in [0.4, 0.5) is 11.4 Å². The van der Waals surface area contributed by atoms with E-state index in [0.717, 1.165) is 4.90 Å². The van der Waals surface area contributed by atoms with E-state index in [1.807, 2.05) is 18.2 Å². The Morgan fingerprint density at radius 1 is 0.676 bits per heavy atom. The predicted molar refractivity (Wildman–Crippen MR) is 129 cm³/mol. The number of hydrogen-bond acceptors (Lipinski definition) is 7. The molecule has 1 aliphatic rings. The van der Waals surface area contributed by atoms with Crippen molar-refractivity contribution in [2.75, 3.05) is 38.7 Å². The molecule has 0 radical (unpaired) electrons. The van der Waals surface area contributed by atoms with Gasteiger partial charge in [0.05, 0.1) is 45.4 Å². The van der Waals surface area contributed by atoms with Gasteiger partial charge in [-0.2, -0.15) is 0 Å². The summed E-state index contributed by atoms with van der Waals surface area (Å²) in [5, 5.41) is 3.12. The highest BCUT2D eigenvalue weighted by atomic mass is 16.5. The normalized spacial score (nSPS) is 13.2. The number of carbonyl (C=O) groups excluding carboxylic acids is 2. The van der Waals surface area contributed by atoms with Crippen molar-refractivity contribution < 1.29 is 28.5 Å². The molecule has 34 heavy (non-hydrogen) atoms. The van der Waals surface area contributed by atoms with E-state index in [2.05, 4.69) is 5.32 Å². The molecule has 8 heteroatoms. The minimum absolute atomic E-state index is 0.126. The second kappa shape index (κ2) is 9.58. The first-order chi connectivity index (χ1) is 16.5. The van der Waals surface area contributed by atoms with Gasteiger partial charge >= 0.3 is 0 Å². The second-order valence-corrected chi connectivity index (χ2v) is 7.32. The molecule has 0 saturated heterocycles. The fourth-order valence-electron chi connectivity index (χ4n) is 3.71. The predicted octanol–water partition coefficient (Wildman–Crippen LogP) is 4.12. The van der Waals surface area contributed by atoms with Crippen molar-refractivity contribution in [1.82, 2.24) is 0 Å². The molecular formula is C26H24N2O6. The Morgan fingerprint density at radius 2 is 1.32 bits per heavy atom. The maximum absolute atomic E-state index is 13.7. The Balaban J connectivity index is 1.83. The second-order valence-electron chi connectivity index (χ2n) is 7.32. The highest BCUT2D eigenvalue weighted by Gasteiger charge is 2.41. The Hall–Kier alpha value is -4.46. The van der Waals surface area contributed by atoms with Gasteiger partial charge < -0.3 is 24.3 Å². The summed E-state index contributed by atoms with van der Waals surface area (Å²) in [6.45, 7) is 0. The SMILES string of the molecule is COc1cc(OC)cc(N2C(=O)C(Nc3ccc(OC)cc3OC)=C(c3ccccc3)C2=O)c1. The van der Waals surface area contributed by atoms with Crippen molar-refractivity contribution in [2.45, 2.75) is 0 Å². The third-order valence-corrected chi connectivity index (χ3v) is 5.41. The summed E-state index contributed by atoms with van der Waals surface area (Å²) in [4.78, 5) is 28.4. The molecule has 0 saturated carbocycles. The first kappa shape index (κ1) is 22.7. The lowest BCUT2D eigenvalue weighted by molar-refractivity contribution is -0.120. The van der Waals surface area contributed by atoms with Crippen LogP contribution in [0.3, 0.4) is 0 Å². The topological polar surface area (TPSA) is 86.3 Å². The summed E-state index contributed by atoms with van der Waals surface area (Å²) in [5.74, 6) is 0.974. The Morgan fingerprint density at radius 3 is 1.91 bits per heavy atom. The molecule has 2 amide bonds. The molecule has 3 aromatic rings. The molecule has 0 atom stereocenters. The van der Waals surface area contributed by atoms with Gasteiger partial charge in [-0.25, -0.2) is 4.90 Å². The van der Waals surface area contributed by atoms with Crippen LogP contribution in [0.5, 0.6) is 23.0 Å². The number of amides is 2. The van der Waals surface area contributed by atoms with E-state index in [9.17, 15) is 9.59 Å². The van der Waals surface area contributed by atoms with Gasteiger partial charge in [-0.3, -0.25) is 9.59 Å². The number of imide groups is 1. The molecule has 0 spiro atoms. The number of nitrogens with one attached hydrogen (secondary N) is 1. The first-order valence-electron chi connectivity index (χ1n) is 10.4. The number of carbonyl (C=O) groups is 2. The largest absolute Gasteiger partial charge is 0.497 e. The summed E-state index contributed by atoms with van der Waals surface area (Å²) < 4.78 is 21.4. The summed E-state index contributed by atoms with van der Waals surface area (Å²) >= 11 is 0. The summed E-state index contributed by atoms with van der Waals surface area (Å²) in [6.07, 6.45) is 0. The number of rotatable bonds is 8. The van der Waals surface area contributed by atoms with E-state index in [4.69, 9.17) is 18.9 Å². The van der Waals surface area contributed by atoms with Crippen LogP contribution in [0.15, 0.2) is 72.4 Å². The molecular weight excluding hydrogens is 436 g/mol. The minimum Gasteiger partial charge on any atom is -0.497 e. The zero-order chi connectivity index (χ0) is 24.2. The number of hydrogen-bond donors (Lipinski definition) is 1. The fraction of sp³-hybridized carbons (Fsp3) is 0.154. The van der Waals surface area contributed by atoms with E-state index in [1.54, 1.807) is 55.6 Å². The van der Waals surface area contributed by atoms with Gasteiger partial charge in [-0.05, 0) is 17.7 Å². The van der Waals surface area contributed by atoms with Crippen molar-refractivity contribution in [1.29, 1.82) is 0 Å². The van der Waals surface area contributed by atoms with Crippen LogP contribution >= 0.6 is 0 Å².